The van der Waals surface area contributed by atoms with Gasteiger partial charge in [0.25, 0.3) is 5.89 Å². The first-order valence-corrected chi connectivity index (χ1v) is 8.85. The van der Waals surface area contributed by atoms with E-state index in [9.17, 15) is 4.79 Å². The molecule has 0 amide bonds. The van der Waals surface area contributed by atoms with Crippen LogP contribution in [0.15, 0.2) is 39.5 Å². The highest BCUT2D eigenvalue weighted by Gasteiger charge is 2.13. The smallest absolute Gasteiger partial charge is 0.306 e. The number of benzene rings is 1. The maximum absolute atomic E-state index is 11.8. The summed E-state index contributed by atoms with van der Waals surface area (Å²) < 4.78 is 20.8. The molecule has 0 fully saturated rings. The summed E-state index contributed by atoms with van der Waals surface area (Å²) in [5, 5.41) is 7.91. The Kier molecular flexibility index (Phi) is 5.85. The van der Waals surface area contributed by atoms with E-state index in [-0.39, 0.29) is 18.5 Å². The van der Waals surface area contributed by atoms with Crippen molar-refractivity contribution in [2.24, 2.45) is 0 Å². The van der Waals surface area contributed by atoms with Crippen LogP contribution >= 0.6 is 11.3 Å². The van der Waals surface area contributed by atoms with Crippen LogP contribution in [-0.2, 0) is 22.6 Å². The highest BCUT2D eigenvalue weighted by molar-refractivity contribution is 7.07. The normalized spacial score (nSPS) is 10.5. The fourth-order valence-electron chi connectivity index (χ4n) is 2.30. The second-order valence-corrected chi connectivity index (χ2v) is 6.15. The molecule has 8 heteroatoms. The molecule has 26 heavy (non-hydrogen) atoms. The molecule has 1 aromatic carbocycles. The summed E-state index contributed by atoms with van der Waals surface area (Å²) in [6, 6.07) is 7.29. The molecular formula is C18H18N2O5S. The second kappa shape index (κ2) is 8.48. The summed E-state index contributed by atoms with van der Waals surface area (Å²) in [4.78, 5) is 16.0. The Morgan fingerprint density at radius 3 is 2.77 bits per heavy atom. The first-order valence-electron chi connectivity index (χ1n) is 7.91. The molecule has 0 aliphatic rings. The van der Waals surface area contributed by atoms with Crippen LogP contribution in [0, 0.1) is 0 Å². The largest absolute Gasteiger partial charge is 0.493 e. The van der Waals surface area contributed by atoms with Crippen LogP contribution in [0.1, 0.15) is 17.9 Å². The van der Waals surface area contributed by atoms with Gasteiger partial charge >= 0.3 is 5.97 Å². The van der Waals surface area contributed by atoms with Gasteiger partial charge in [0.1, 0.15) is 0 Å². The molecular weight excluding hydrogens is 356 g/mol. The monoisotopic (exact) mass is 374 g/mol. The number of carbonyl (C=O) groups is 1. The van der Waals surface area contributed by atoms with Crippen LogP contribution in [0.3, 0.4) is 0 Å². The summed E-state index contributed by atoms with van der Waals surface area (Å²) in [6.07, 6.45) is 0.969. The number of ether oxygens (including phenoxy) is 3. The van der Waals surface area contributed by atoms with Gasteiger partial charge in [0.2, 0.25) is 5.82 Å². The Bertz CT molecular complexity index is 860. The van der Waals surface area contributed by atoms with Crippen LogP contribution in [0.5, 0.6) is 11.5 Å². The minimum atomic E-state index is -0.304. The zero-order valence-electron chi connectivity index (χ0n) is 14.4. The van der Waals surface area contributed by atoms with E-state index in [2.05, 4.69) is 10.1 Å². The minimum absolute atomic E-state index is 0.0528. The standard InChI is InChI=1S/C18H18N2O5S/c1-22-14-5-4-13(9-15(14)23-2)18-19-16(25-20-18)10-24-17(21)6-3-12-7-8-26-11-12/h4-5,7-9,11H,3,6,10H2,1-2H3. The third-order valence-corrected chi connectivity index (χ3v) is 4.40. The van der Waals surface area contributed by atoms with E-state index in [0.717, 1.165) is 5.56 Å². The molecule has 0 N–H and O–H groups in total. The van der Waals surface area contributed by atoms with Gasteiger partial charge in [-0.05, 0) is 47.0 Å². The van der Waals surface area contributed by atoms with Crippen LogP contribution in [0.4, 0.5) is 0 Å². The molecule has 0 radical (unpaired) electrons. The first-order chi connectivity index (χ1) is 12.7. The average Bonchev–Trinajstić information content (AvgIpc) is 3.36. The summed E-state index contributed by atoms with van der Waals surface area (Å²) in [7, 11) is 3.12. The van der Waals surface area contributed by atoms with E-state index in [1.165, 1.54) is 0 Å². The molecule has 0 aliphatic heterocycles. The summed E-state index contributed by atoms with van der Waals surface area (Å²) in [6.45, 7) is -0.0528. The van der Waals surface area contributed by atoms with Gasteiger partial charge in [0.05, 0.1) is 14.2 Å². The molecule has 0 atom stereocenters. The molecule has 0 bridgehead atoms. The van der Waals surface area contributed by atoms with Crippen LogP contribution in [-0.4, -0.2) is 30.3 Å². The van der Waals surface area contributed by atoms with E-state index in [0.29, 0.717) is 35.7 Å². The molecule has 3 rings (SSSR count). The SMILES string of the molecule is COc1ccc(-c2noc(COC(=O)CCc3ccsc3)n2)cc1OC. The fourth-order valence-corrected chi connectivity index (χ4v) is 3.00. The predicted octanol–water partition coefficient (Wildman–Crippen LogP) is 3.49. The number of thiophene rings is 1. The maximum Gasteiger partial charge on any atom is 0.306 e. The maximum atomic E-state index is 11.8. The molecule has 2 heterocycles. The Balaban J connectivity index is 1.57. The third kappa shape index (κ3) is 4.40. The Labute approximate surface area is 154 Å². The topological polar surface area (TPSA) is 83.7 Å². The van der Waals surface area contributed by atoms with E-state index >= 15 is 0 Å². The lowest BCUT2D eigenvalue weighted by molar-refractivity contribution is -0.145. The number of hydrogen-bond acceptors (Lipinski definition) is 8. The van der Waals surface area contributed by atoms with Gasteiger partial charge in [-0.1, -0.05) is 5.16 Å². The Hall–Kier alpha value is -2.87. The average molecular weight is 374 g/mol. The van der Waals surface area contributed by atoms with Gasteiger partial charge in [-0.2, -0.15) is 16.3 Å². The molecule has 0 unspecified atom stereocenters. The minimum Gasteiger partial charge on any atom is -0.493 e. The fraction of sp³-hybridized carbons (Fsp3) is 0.278. The lowest BCUT2D eigenvalue weighted by Crippen LogP contribution is -2.05. The number of aromatic nitrogens is 2. The Morgan fingerprint density at radius 2 is 2.04 bits per heavy atom. The molecule has 136 valence electrons. The first kappa shape index (κ1) is 17.9. The van der Waals surface area contributed by atoms with E-state index in [1.807, 2.05) is 16.8 Å². The Morgan fingerprint density at radius 1 is 1.19 bits per heavy atom. The number of aryl methyl sites for hydroxylation is 1. The van der Waals surface area contributed by atoms with Crippen molar-refractivity contribution in [2.75, 3.05) is 14.2 Å². The quantitative estimate of drug-likeness (QED) is 0.558. The number of hydrogen-bond donors (Lipinski definition) is 0. The van der Waals surface area contributed by atoms with Crippen molar-refractivity contribution in [2.45, 2.75) is 19.4 Å². The van der Waals surface area contributed by atoms with Crippen molar-refractivity contribution < 1.29 is 23.5 Å². The van der Waals surface area contributed by atoms with Gasteiger partial charge in [-0.25, -0.2) is 0 Å². The lowest BCUT2D eigenvalue weighted by Gasteiger charge is -2.07. The van der Waals surface area contributed by atoms with Crippen molar-refractivity contribution in [3.05, 3.63) is 46.5 Å². The third-order valence-electron chi connectivity index (χ3n) is 3.66. The summed E-state index contributed by atoms with van der Waals surface area (Å²) in [5.74, 6) is 1.49. The number of carbonyl (C=O) groups excluding carboxylic acids is 1. The van der Waals surface area contributed by atoms with Gasteiger partial charge in [0, 0.05) is 12.0 Å². The zero-order chi connectivity index (χ0) is 18.4. The van der Waals surface area contributed by atoms with Gasteiger partial charge in [-0.3, -0.25) is 4.79 Å². The molecule has 0 aliphatic carbocycles. The number of methoxy groups -OCH3 is 2. The summed E-state index contributed by atoms with van der Waals surface area (Å²) in [5.41, 5.74) is 1.84. The van der Waals surface area contributed by atoms with Gasteiger partial charge in [-0.15, -0.1) is 0 Å². The van der Waals surface area contributed by atoms with Crippen LogP contribution in [0.25, 0.3) is 11.4 Å². The van der Waals surface area contributed by atoms with E-state index in [4.69, 9.17) is 18.7 Å². The molecule has 3 aromatic rings. The number of rotatable bonds is 8. The van der Waals surface area contributed by atoms with Gasteiger partial charge in [0.15, 0.2) is 18.1 Å². The molecule has 0 saturated carbocycles. The van der Waals surface area contributed by atoms with Crippen molar-refractivity contribution in [3.63, 3.8) is 0 Å². The number of esters is 1. The van der Waals surface area contributed by atoms with E-state index in [1.54, 1.807) is 43.8 Å². The predicted molar refractivity (Wildman–Crippen MR) is 95.3 cm³/mol. The second-order valence-electron chi connectivity index (χ2n) is 5.37. The molecule has 2 aromatic heterocycles. The van der Waals surface area contributed by atoms with Crippen molar-refractivity contribution >= 4 is 17.3 Å². The van der Waals surface area contributed by atoms with Crippen molar-refractivity contribution in [1.82, 2.24) is 10.1 Å². The summed E-state index contributed by atoms with van der Waals surface area (Å²) >= 11 is 1.60. The highest BCUT2D eigenvalue weighted by atomic mass is 32.1. The lowest BCUT2D eigenvalue weighted by atomic mass is 10.2. The highest BCUT2D eigenvalue weighted by Crippen LogP contribution is 2.31. The van der Waals surface area contributed by atoms with Crippen LogP contribution in [0.2, 0.25) is 0 Å². The molecule has 0 saturated heterocycles. The number of nitrogens with zero attached hydrogens (tertiary/aromatic N) is 2. The molecule has 7 nitrogen and oxygen atoms in total. The van der Waals surface area contributed by atoms with E-state index < -0.39 is 0 Å². The molecule has 0 spiro atoms. The van der Waals surface area contributed by atoms with Gasteiger partial charge < -0.3 is 18.7 Å². The van der Waals surface area contributed by atoms with Crippen molar-refractivity contribution in [3.8, 4) is 22.9 Å². The zero-order valence-corrected chi connectivity index (χ0v) is 15.2. The van der Waals surface area contributed by atoms with Crippen molar-refractivity contribution in [1.29, 1.82) is 0 Å². The van der Waals surface area contributed by atoms with Crippen LogP contribution < -0.4 is 9.47 Å².